The van der Waals surface area contributed by atoms with Gasteiger partial charge in [0.1, 0.15) is 0 Å². The van der Waals surface area contributed by atoms with Gasteiger partial charge < -0.3 is 5.11 Å². The highest BCUT2D eigenvalue weighted by atomic mass is 16.6. The van der Waals surface area contributed by atoms with Crippen LogP contribution in [0.2, 0.25) is 0 Å². The molecule has 1 aromatic heterocycles. The van der Waals surface area contributed by atoms with Crippen LogP contribution < -0.4 is 10.2 Å². The fourth-order valence-corrected chi connectivity index (χ4v) is 5.01. The second-order valence-electron chi connectivity index (χ2n) is 8.15. The standard InChI is InChI=1S/C24H18N4O6/c29-21-18-19(22(30)27(21)15-9-6-10-16(13-15)28(33)34)24(23(31)32,14-7-2-1-3-8-14)26-20(18)17-11-4-5-12-25-17/h1-13,18-20,26H,(H,31,32). The smallest absolute Gasteiger partial charge is 0.329 e. The Morgan fingerprint density at radius 3 is 2.41 bits per heavy atom. The van der Waals surface area contributed by atoms with Gasteiger partial charge in [0, 0.05) is 18.3 Å². The molecule has 3 aromatic rings. The molecule has 2 aromatic carbocycles. The lowest BCUT2D eigenvalue weighted by molar-refractivity contribution is -0.384. The third-order valence-corrected chi connectivity index (χ3v) is 6.43. The van der Waals surface area contributed by atoms with Crippen LogP contribution >= 0.6 is 0 Å². The lowest BCUT2D eigenvalue weighted by Crippen LogP contribution is -2.53. The number of carbonyl (C=O) groups excluding carboxylic acids is 2. The number of nitrogens with zero attached hydrogens (tertiary/aromatic N) is 3. The number of carboxylic acid groups (broad SMARTS) is 1. The van der Waals surface area contributed by atoms with Gasteiger partial charge in [0.2, 0.25) is 11.8 Å². The molecular formula is C24H18N4O6. The Hall–Kier alpha value is -4.44. The van der Waals surface area contributed by atoms with Crippen LogP contribution in [-0.2, 0) is 19.9 Å². The molecule has 10 heteroatoms. The van der Waals surface area contributed by atoms with Gasteiger partial charge in [0.15, 0.2) is 5.54 Å². The third kappa shape index (κ3) is 3.00. The summed E-state index contributed by atoms with van der Waals surface area (Å²) in [6, 6.07) is 17.6. The molecule has 0 bridgehead atoms. The van der Waals surface area contributed by atoms with E-state index in [1.54, 1.807) is 48.5 Å². The summed E-state index contributed by atoms with van der Waals surface area (Å²) in [5.41, 5.74) is -1.44. The van der Waals surface area contributed by atoms with E-state index in [4.69, 9.17) is 0 Å². The number of aromatic nitrogens is 1. The van der Waals surface area contributed by atoms with E-state index in [0.717, 1.165) is 11.0 Å². The Bertz CT molecular complexity index is 1320. The normalized spacial score (nSPS) is 25.9. The Kier molecular flexibility index (Phi) is 4.94. The quantitative estimate of drug-likeness (QED) is 0.337. The molecule has 2 aliphatic rings. The molecule has 5 rings (SSSR count). The average molecular weight is 458 g/mol. The third-order valence-electron chi connectivity index (χ3n) is 6.43. The Morgan fingerprint density at radius 2 is 1.76 bits per heavy atom. The number of amides is 2. The minimum Gasteiger partial charge on any atom is -0.480 e. The molecule has 3 heterocycles. The van der Waals surface area contributed by atoms with Crippen LogP contribution in [0.25, 0.3) is 0 Å². The number of non-ortho nitro benzene ring substituents is 1. The van der Waals surface area contributed by atoms with E-state index < -0.39 is 46.1 Å². The monoisotopic (exact) mass is 458 g/mol. The molecule has 0 aliphatic carbocycles. The number of rotatable bonds is 5. The molecule has 2 saturated heterocycles. The van der Waals surface area contributed by atoms with Crippen LogP contribution in [0.4, 0.5) is 11.4 Å². The van der Waals surface area contributed by atoms with E-state index in [-0.39, 0.29) is 11.4 Å². The molecule has 10 nitrogen and oxygen atoms in total. The number of nitro groups is 1. The zero-order valence-electron chi connectivity index (χ0n) is 17.6. The van der Waals surface area contributed by atoms with Gasteiger partial charge in [-0.2, -0.15) is 0 Å². The van der Waals surface area contributed by atoms with Crippen molar-refractivity contribution < 1.29 is 24.4 Å². The van der Waals surface area contributed by atoms with Crippen molar-refractivity contribution in [2.45, 2.75) is 11.6 Å². The van der Waals surface area contributed by atoms with E-state index in [1.807, 2.05) is 0 Å². The number of fused-ring (bicyclic) bond motifs is 1. The van der Waals surface area contributed by atoms with Crippen LogP contribution in [-0.4, -0.2) is 32.8 Å². The molecular weight excluding hydrogens is 440 g/mol. The summed E-state index contributed by atoms with van der Waals surface area (Å²) in [5, 5.41) is 24.8. The molecule has 170 valence electrons. The van der Waals surface area contributed by atoms with Crippen LogP contribution in [0.1, 0.15) is 17.3 Å². The molecule has 34 heavy (non-hydrogen) atoms. The van der Waals surface area contributed by atoms with E-state index in [0.29, 0.717) is 11.3 Å². The van der Waals surface area contributed by atoms with Gasteiger partial charge in [-0.1, -0.05) is 42.5 Å². The number of pyridine rings is 1. The number of carbonyl (C=O) groups is 3. The van der Waals surface area contributed by atoms with Crippen molar-refractivity contribution >= 4 is 29.2 Å². The summed E-state index contributed by atoms with van der Waals surface area (Å²) in [6.45, 7) is 0. The van der Waals surface area contributed by atoms with Crippen LogP contribution in [0.3, 0.4) is 0 Å². The number of hydrogen-bond donors (Lipinski definition) is 2. The largest absolute Gasteiger partial charge is 0.480 e. The van der Waals surface area contributed by atoms with Gasteiger partial charge in [-0.25, -0.2) is 9.69 Å². The minimum atomic E-state index is -1.91. The van der Waals surface area contributed by atoms with Crippen LogP contribution in [0, 0.1) is 22.0 Å². The highest BCUT2D eigenvalue weighted by Gasteiger charge is 2.69. The van der Waals surface area contributed by atoms with Crippen molar-refractivity contribution in [1.82, 2.24) is 10.3 Å². The number of benzene rings is 2. The van der Waals surface area contributed by atoms with Crippen LogP contribution in [0.5, 0.6) is 0 Å². The first-order chi connectivity index (χ1) is 16.4. The van der Waals surface area contributed by atoms with Gasteiger partial charge in [0.25, 0.3) is 5.69 Å². The van der Waals surface area contributed by atoms with Crippen molar-refractivity contribution in [2.24, 2.45) is 11.8 Å². The maximum atomic E-state index is 13.8. The van der Waals surface area contributed by atoms with Gasteiger partial charge >= 0.3 is 5.97 Å². The maximum Gasteiger partial charge on any atom is 0.329 e. The van der Waals surface area contributed by atoms with Crippen molar-refractivity contribution in [3.8, 4) is 0 Å². The number of carboxylic acids is 1. The van der Waals surface area contributed by atoms with Gasteiger partial charge in [0.05, 0.1) is 34.2 Å². The Balaban J connectivity index is 1.71. The van der Waals surface area contributed by atoms with Crippen LogP contribution in [0.15, 0.2) is 79.0 Å². The van der Waals surface area contributed by atoms with Crippen molar-refractivity contribution in [1.29, 1.82) is 0 Å². The number of nitrogens with one attached hydrogen (secondary N) is 1. The van der Waals surface area contributed by atoms with Crippen molar-refractivity contribution in [3.05, 3.63) is 100 Å². The zero-order valence-corrected chi connectivity index (χ0v) is 17.6. The van der Waals surface area contributed by atoms with Gasteiger partial charge in [-0.3, -0.25) is 30.0 Å². The molecule has 0 spiro atoms. The van der Waals surface area contributed by atoms with Gasteiger partial charge in [-0.05, 0) is 23.8 Å². The van der Waals surface area contributed by atoms with E-state index in [9.17, 15) is 29.6 Å². The Labute approximate surface area is 193 Å². The van der Waals surface area contributed by atoms with E-state index >= 15 is 0 Å². The summed E-state index contributed by atoms with van der Waals surface area (Å²) < 4.78 is 0. The first kappa shape index (κ1) is 21.4. The molecule has 2 N–H and O–H groups in total. The number of aliphatic carboxylic acids is 1. The lowest BCUT2D eigenvalue weighted by atomic mass is 9.75. The number of imide groups is 1. The maximum absolute atomic E-state index is 13.8. The number of anilines is 1. The topological polar surface area (TPSA) is 143 Å². The molecule has 2 aliphatic heterocycles. The van der Waals surface area contributed by atoms with E-state index in [1.165, 1.54) is 24.4 Å². The predicted molar refractivity (Wildman–Crippen MR) is 118 cm³/mol. The molecule has 0 radical (unpaired) electrons. The summed E-state index contributed by atoms with van der Waals surface area (Å²) in [5.74, 6) is -5.08. The molecule has 2 fully saturated rings. The van der Waals surface area contributed by atoms with E-state index in [2.05, 4.69) is 10.3 Å². The molecule has 0 saturated carbocycles. The zero-order chi connectivity index (χ0) is 24.0. The SMILES string of the molecule is O=C1C2C(c3ccccn3)NC(C(=O)O)(c3ccccc3)C2C(=O)N1c1cccc([N+](=O)[O-])c1. The second kappa shape index (κ2) is 7.85. The average Bonchev–Trinajstić information content (AvgIpc) is 3.35. The summed E-state index contributed by atoms with van der Waals surface area (Å²) in [6.07, 6.45) is 1.52. The van der Waals surface area contributed by atoms with Crippen molar-refractivity contribution in [2.75, 3.05) is 4.90 Å². The van der Waals surface area contributed by atoms with Gasteiger partial charge in [-0.15, -0.1) is 0 Å². The summed E-state index contributed by atoms with van der Waals surface area (Å²) >= 11 is 0. The predicted octanol–water partition coefficient (Wildman–Crippen LogP) is 2.42. The van der Waals surface area contributed by atoms with Crippen molar-refractivity contribution in [3.63, 3.8) is 0 Å². The molecule has 4 atom stereocenters. The highest BCUT2D eigenvalue weighted by Crippen LogP contribution is 2.53. The summed E-state index contributed by atoms with van der Waals surface area (Å²) in [7, 11) is 0. The minimum absolute atomic E-state index is 0.0192. The number of hydrogen-bond acceptors (Lipinski definition) is 7. The molecule has 4 unspecified atom stereocenters. The second-order valence-corrected chi connectivity index (χ2v) is 8.15. The fraction of sp³-hybridized carbons (Fsp3) is 0.167. The fourth-order valence-electron chi connectivity index (χ4n) is 5.01. The Morgan fingerprint density at radius 1 is 1.03 bits per heavy atom. The first-order valence-electron chi connectivity index (χ1n) is 10.5. The molecule has 2 amide bonds. The lowest BCUT2D eigenvalue weighted by Gasteiger charge is -2.31. The summed E-state index contributed by atoms with van der Waals surface area (Å²) in [4.78, 5) is 56.1. The highest BCUT2D eigenvalue weighted by molar-refractivity contribution is 6.24. The number of nitro benzene ring substituents is 1. The first-order valence-corrected chi connectivity index (χ1v) is 10.5.